The van der Waals surface area contributed by atoms with Crippen molar-refractivity contribution in [2.45, 2.75) is 45.8 Å². The summed E-state index contributed by atoms with van der Waals surface area (Å²) < 4.78 is 8.21. The molecular formula is C26H26ClN5O2. The number of imidazole rings is 1. The minimum Gasteiger partial charge on any atom is -0.487 e. The Morgan fingerprint density at radius 1 is 1.24 bits per heavy atom. The molecule has 1 aliphatic rings. The number of nitrogens with zero attached hydrogens (tertiary/aromatic N) is 4. The molecule has 0 aliphatic heterocycles. The summed E-state index contributed by atoms with van der Waals surface area (Å²) in [6.07, 6.45) is 12.9. The maximum atomic E-state index is 12.5. The molecule has 1 aromatic carbocycles. The second-order valence-electron chi connectivity index (χ2n) is 8.65. The Morgan fingerprint density at radius 2 is 2.09 bits per heavy atom. The number of benzene rings is 1. The van der Waals surface area contributed by atoms with Crippen LogP contribution in [0, 0.1) is 12.8 Å². The SMILES string of the molecule is Cc1cc(-n2ccnc2)c2cccc(OCc3c(Cl)cncc3CNC(=O)C3CCCC3)c2n1. The van der Waals surface area contributed by atoms with E-state index in [1.54, 1.807) is 24.9 Å². The number of ether oxygens (including phenoxy) is 1. The van der Waals surface area contributed by atoms with Crippen molar-refractivity contribution in [1.29, 1.82) is 0 Å². The first kappa shape index (κ1) is 22.3. The quantitative estimate of drug-likeness (QED) is 0.399. The number of amides is 1. The van der Waals surface area contributed by atoms with Gasteiger partial charge in [-0.05, 0) is 37.5 Å². The molecule has 8 heteroatoms. The van der Waals surface area contributed by atoms with Gasteiger partial charge < -0.3 is 14.6 Å². The van der Waals surface area contributed by atoms with Crippen LogP contribution in [-0.2, 0) is 17.9 Å². The lowest BCUT2D eigenvalue weighted by Crippen LogP contribution is -2.29. The Kier molecular flexibility index (Phi) is 6.45. The molecule has 0 atom stereocenters. The van der Waals surface area contributed by atoms with Gasteiger partial charge in [0.15, 0.2) is 0 Å². The van der Waals surface area contributed by atoms with Crippen molar-refractivity contribution in [3.8, 4) is 11.4 Å². The van der Waals surface area contributed by atoms with E-state index in [-0.39, 0.29) is 18.4 Å². The zero-order valence-electron chi connectivity index (χ0n) is 19.0. The van der Waals surface area contributed by atoms with Gasteiger partial charge in [0.1, 0.15) is 17.9 Å². The smallest absolute Gasteiger partial charge is 0.223 e. The minimum atomic E-state index is 0.102. The van der Waals surface area contributed by atoms with Gasteiger partial charge in [-0.2, -0.15) is 0 Å². The predicted molar refractivity (Wildman–Crippen MR) is 131 cm³/mol. The van der Waals surface area contributed by atoms with Crippen LogP contribution in [0.3, 0.4) is 0 Å². The summed E-state index contributed by atoms with van der Waals surface area (Å²) >= 11 is 6.49. The molecule has 0 spiro atoms. The normalized spacial score (nSPS) is 13.9. The highest BCUT2D eigenvalue weighted by Crippen LogP contribution is 2.31. The maximum Gasteiger partial charge on any atom is 0.223 e. The molecule has 3 heterocycles. The zero-order valence-corrected chi connectivity index (χ0v) is 19.8. The van der Waals surface area contributed by atoms with Gasteiger partial charge in [-0.1, -0.05) is 36.6 Å². The third kappa shape index (κ3) is 4.61. The Labute approximate surface area is 203 Å². The summed E-state index contributed by atoms with van der Waals surface area (Å²) in [4.78, 5) is 25.6. The summed E-state index contributed by atoms with van der Waals surface area (Å²) in [6, 6.07) is 7.90. The van der Waals surface area contributed by atoms with Gasteiger partial charge in [-0.3, -0.25) is 9.78 Å². The number of fused-ring (bicyclic) bond motifs is 1. The van der Waals surface area contributed by atoms with Crippen LogP contribution >= 0.6 is 11.6 Å². The van der Waals surface area contributed by atoms with Crippen LogP contribution in [-0.4, -0.2) is 25.4 Å². The van der Waals surface area contributed by atoms with Crippen molar-refractivity contribution < 1.29 is 9.53 Å². The molecule has 34 heavy (non-hydrogen) atoms. The summed E-state index contributed by atoms with van der Waals surface area (Å²) in [5, 5.41) is 4.53. The number of para-hydroxylation sites is 1. The van der Waals surface area contributed by atoms with E-state index in [0.29, 0.717) is 17.3 Å². The third-order valence-corrected chi connectivity index (χ3v) is 6.66. The lowest BCUT2D eigenvalue weighted by molar-refractivity contribution is -0.124. The summed E-state index contributed by atoms with van der Waals surface area (Å²) in [7, 11) is 0. The summed E-state index contributed by atoms with van der Waals surface area (Å²) in [5.74, 6) is 0.878. The van der Waals surface area contributed by atoms with Gasteiger partial charge in [0.2, 0.25) is 5.91 Å². The van der Waals surface area contributed by atoms with E-state index in [0.717, 1.165) is 59.1 Å². The Balaban J connectivity index is 1.39. The summed E-state index contributed by atoms with van der Waals surface area (Å²) in [5.41, 5.74) is 4.30. The molecule has 4 aromatic rings. The van der Waals surface area contributed by atoms with Gasteiger partial charge in [0.05, 0.1) is 17.0 Å². The van der Waals surface area contributed by atoms with Crippen molar-refractivity contribution in [1.82, 2.24) is 24.8 Å². The molecule has 174 valence electrons. The van der Waals surface area contributed by atoms with Crippen LogP contribution in [0.1, 0.15) is 42.5 Å². The van der Waals surface area contributed by atoms with E-state index in [4.69, 9.17) is 21.3 Å². The predicted octanol–water partition coefficient (Wildman–Crippen LogP) is 5.16. The highest BCUT2D eigenvalue weighted by atomic mass is 35.5. The first-order valence-corrected chi connectivity index (χ1v) is 11.9. The fourth-order valence-corrected chi connectivity index (χ4v) is 4.77. The number of carbonyl (C=O) groups is 1. The summed E-state index contributed by atoms with van der Waals surface area (Å²) in [6.45, 7) is 2.58. The highest BCUT2D eigenvalue weighted by Gasteiger charge is 2.22. The number of nitrogens with one attached hydrogen (secondary N) is 1. The van der Waals surface area contributed by atoms with E-state index in [1.165, 1.54) is 0 Å². The largest absolute Gasteiger partial charge is 0.487 e. The second-order valence-corrected chi connectivity index (χ2v) is 9.06. The highest BCUT2D eigenvalue weighted by molar-refractivity contribution is 6.31. The van der Waals surface area contributed by atoms with Crippen molar-refractivity contribution >= 4 is 28.4 Å². The number of halogens is 1. The maximum absolute atomic E-state index is 12.5. The van der Waals surface area contributed by atoms with Crippen LogP contribution in [0.25, 0.3) is 16.6 Å². The van der Waals surface area contributed by atoms with Crippen LogP contribution < -0.4 is 10.1 Å². The van der Waals surface area contributed by atoms with Gasteiger partial charge in [-0.25, -0.2) is 9.97 Å². The average molecular weight is 476 g/mol. The first-order valence-electron chi connectivity index (χ1n) is 11.5. The van der Waals surface area contributed by atoms with E-state index in [2.05, 4.69) is 15.3 Å². The number of carbonyl (C=O) groups excluding carboxylic acids is 1. The lowest BCUT2D eigenvalue weighted by Gasteiger charge is -2.16. The van der Waals surface area contributed by atoms with E-state index >= 15 is 0 Å². The molecule has 1 saturated carbocycles. The van der Waals surface area contributed by atoms with Gasteiger partial charge in [0.25, 0.3) is 0 Å². The fraction of sp³-hybridized carbons (Fsp3) is 0.308. The number of hydrogen-bond donors (Lipinski definition) is 1. The van der Waals surface area contributed by atoms with Crippen molar-refractivity contribution in [3.63, 3.8) is 0 Å². The number of aryl methyl sites for hydroxylation is 1. The Hall–Kier alpha value is -3.45. The average Bonchev–Trinajstić information content (AvgIpc) is 3.56. The molecule has 7 nitrogen and oxygen atoms in total. The molecule has 3 aromatic heterocycles. The Bertz CT molecular complexity index is 1320. The topological polar surface area (TPSA) is 81.9 Å². The fourth-order valence-electron chi connectivity index (χ4n) is 4.54. The number of pyridine rings is 2. The third-order valence-electron chi connectivity index (χ3n) is 6.34. The molecule has 0 bridgehead atoms. The molecule has 1 N–H and O–H groups in total. The van der Waals surface area contributed by atoms with Crippen LogP contribution in [0.4, 0.5) is 0 Å². The van der Waals surface area contributed by atoms with E-state index in [9.17, 15) is 4.79 Å². The zero-order chi connectivity index (χ0) is 23.5. The molecule has 0 saturated heterocycles. The number of rotatable bonds is 7. The van der Waals surface area contributed by atoms with E-state index in [1.807, 2.05) is 42.0 Å². The molecule has 0 unspecified atom stereocenters. The second kappa shape index (κ2) is 9.81. The molecule has 5 rings (SSSR count). The molecule has 1 fully saturated rings. The minimum absolute atomic E-state index is 0.102. The van der Waals surface area contributed by atoms with Crippen LogP contribution in [0.5, 0.6) is 5.75 Å². The lowest BCUT2D eigenvalue weighted by atomic mass is 10.1. The van der Waals surface area contributed by atoms with Gasteiger partial charge in [-0.15, -0.1) is 0 Å². The monoisotopic (exact) mass is 475 g/mol. The molecule has 1 amide bonds. The Morgan fingerprint density at radius 3 is 2.88 bits per heavy atom. The molecular weight excluding hydrogens is 450 g/mol. The van der Waals surface area contributed by atoms with Crippen molar-refractivity contribution in [2.75, 3.05) is 0 Å². The first-order chi connectivity index (χ1) is 16.6. The van der Waals surface area contributed by atoms with Crippen molar-refractivity contribution in [3.05, 3.63) is 77.2 Å². The van der Waals surface area contributed by atoms with Crippen molar-refractivity contribution in [2.24, 2.45) is 5.92 Å². The standard InChI is InChI=1S/C26H26ClN5O2/c1-17-11-23(32-10-9-28-16-32)20-7-4-8-24(25(20)31-17)34-15-21-19(12-29-14-22(21)27)13-30-26(33)18-5-2-3-6-18/h4,7-12,14,16,18H,2-3,5-6,13,15H2,1H3,(H,30,33). The molecule has 0 radical (unpaired) electrons. The van der Waals surface area contributed by atoms with Gasteiger partial charge >= 0.3 is 0 Å². The molecule has 1 aliphatic carbocycles. The van der Waals surface area contributed by atoms with E-state index < -0.39 is 0 Å². The van der Waals surface area contributed by atoms with Crippen LogP contribution in [0.2, 0.25) is 5.02 Å². The number of hydrogen-bond acceptors (Lipinski definition) is 5. The van der Waals surface area contributed by atoms with Crippen LogP contribution in [0.15, 0.2) is 55.4 Å². The van der Waals surface area contributed by atoms with Gasteiger partial charge in [0, 0.05) is 53.9 Å². The number of aromatic nitrogens is 4.